The monoisotopic (exact) mass is 247 g/mol. The van der Waals surface area contributed by atoms with Crippen LogP contribution < -0.4 is 5.73 Å². The first-order chi connectivity index (χ1) is 8.68. The minimum atomic E-state index is -0.886. The van der Waals surface area contributed by atoms with Gasteiger partial charge in [0, 0.05) is 0 Å². The van der Waals surface area contributed by atoms with E-state index in [0.29, 0.717) is 23.4 Å². The maximum atomic E-state index is 10.0. The van der Waals surface area contributed by atoms with E-state index in [4.69, 9.17) is 5.73 Å². The zero-order valence-corrected chi connectivity index (χ0v) is 9.51. The highest BCUT2D eigenvalue weighted by molar-refractivity contribution is 5.81. The highest BCUT2D eigenvalue weighted by Crippen LogP contribution is 2.28. The molecule has 18 heavy (non-hydrogen) atoms. The number of anilines is 1. The third-order valence-electron chi connectivity index (χ3n) is 3.20. The summed E-state index contributed by atoms with van der Waals surface area (Å²) in [6, 6.07) is -0.302. The smallest absolute Gasteiger partial charge is 0.165 e. The molecule has 2 aromatic heterocycles. The first-order valence-electron chi connectivity index (χ1n) is 5.64. The molecule has 0 spiro atoms. The molecule has 1 aliphatic carbocycles. The van der Waals surface area contributed by atoms with Gasteiger partial charge in [0.15, 0.2) is 11.5 Å². The molecule has 94 valence electrons. The second kappa shape index (κ2) is 4.04. The van der Waals surface area contributed by atoms with Crippen molar-refractivity contribution < 1.29 is 10.2 Å². The fourth-order valence-corrected chi connectivity index (χ4v) is 2.23. The molecule has 0 saturated carbocycles. The topological polar surface area (TPSA) is 110 Å². The van der Waals surface area contributed by atoms with Crippen LogP contribution in [0.1, 0.15) is 12.5 Å². The van der Waals surface area contributed by atoms with Crippen LogP contribution in [0.5, 0.6) is 0 Å². The van der Waals surface area contributed by atoms with Crippen LogP contribution in [0.3, 0.4) is 0 Å². The van der Waals surface area contributed by atoms with Crippen LogP contribution in [-0.4, -0.2) is 41.9 Å². The molecule has 3 rings (SSSR count). The summed E-state index contributed by atoms with van der Waals surface area (Å²) >= 11 is 0. The Morgan fingerprint density at radius 3 is 2.94 bits per heavy atom. The predicted octanol–water partition coefficient (Wildman–Crippen LogP) is -0.369. The molecule has 0 bridgehead atoms. The zero-order chi connectivity index (χ0) is 12.7. The number of fused-ring (bicyclic) bond motifs is 1. The lowest BCUT2D eigenvalue weighted by Crippen LogP contribution is -2.36. The zero-order valence-electron chi connectivity index (χ0n) is 9.51. The Hall–Kier alpha value is -1.99. The van der Waals surface area contributed by atoms with Gasteiger partial charge >= 0.3 is 0 Å². The van der Waals surface area contributed by atoms with Gasteiger partial charge in [-0.3, -0.25) is 0 Å². The molecule has 1 aliphatic rings. The van der Waals surface area contributed by atoms with Gasteiger partial charge in [-0.1, -0.05) is 12.2 Å². The number of nitrogens with two attached hydrogens (primary N) is 1. The van der Waals surface area contributed by atoms with Crippen LogP contribution in [0.25, 0.3) is 11.2 Å². The second-order valence-electron chi connectivity index (χ2n) is 4.30. The van der Waals surface area contributed by atoms with Gasteiger partial charge in [0.2, 0.25) is 0 Å². The fourth-order valence-electron chi connectivity index (χ4n) is 2.23. The van der Waals surface area contributed by atoms with Crippen molar-refractivity contribution in [2.45, 2.75) is 24.7 Å². The summed E-state index contributed by atoms with van der Waals surface area (Å²) < 4.78 is 1.73. The van der Waals surface area contributed by atoms with E-state index in [-0.39, 0.29) is 6.04 Å². The summed E-state index contributed by atoms with van der Waals surface area (Å²) in [6.45, 7) is 0. The van der Waals surface area contributed by atoms with Gasteiger partial charge in [0.1, 0.15) is 24.1 Å². The Kier molecular flexibility index (Phi) is 2.49. The molecule has 4 N–H and O–H groups in total. The summed E-state index contributed by atoms with van der Waals surface area (Å²) in [5.41, 5.74) is 6.78. The summed E-state index contributed by atoms with van der Waals surface area (Å²) in [5.74, 6) is 0.306. The molecule has 0 aromatic carbocycles. The average molecular weight is 247 g/mol. The van der Waals surface area contributed by atoms with Crippen molar-refractivity contribution in [1.29, 1.82) is 0 Å². The summed E-state index contributed by atoms with van der Waals surface area (Å²) in [5, 5.41) is 19.7. The summed E-state index contributed by atoms with van der Waals surface area (Å²) in [4.78, 5) is 12.1. The van der Waals surface area contributed by atoms with Crippen molar-refractivity contribution in [1.82, 2.24) is 19.5 Å². The molecular formula is C11H13N5O2. The van der Waals surface area contributed by atoms with E-state index in [9.17, 15) is 10.2 Å². The molecule has 2 aromatic rings. The standard InChI is InChI=1S/C11H13N5O2/c12-10-8-11(14-4-13-10)16(5-15-8)6-2-1-3-7(17)9(6)18/h1,3-7,9,17-18H,2H2,(H2,12,13,14)/t6-,7-,9+/m0/s1. The summed E-state index contributed by atoms with van der Waals surface area (Å²) in [6.07, 6.45) is 5.19. The lowest BCUT2D eigenvalue weighted by molar-refractivity contribution is 0.00756. The van der Waals surface area contributed by atoms with Crippen LogP contribution in [0.4, 0.5) is 5.82 Å². The van der Waals surface area contributed by atoms with Crippen molar-refractivity contribution in [3.05, 3.63) is 24.8 Å². The molecule has 3 atom stereocenters. The average Bonchev–Trinajstić information content (AvgIpc) is 2.78. The van der Waals surface area contributed by atoms with Crippen molar-refractivity contribution in [3.8, 4) is 0 Å². The number of hydrogen-bond donors (Lipinski definition) is 3. The van der Waals surface area contributed by atoms with E-state index >= 15 is 0 Å². The molecular weight excluding hydrogens is 234 g/mol. The predicted molar refractivity (Wildman–Crippen MR) is 64.5 cm³/mol. The maximum absolute atomic E-state index is 10.0. The SMILES string of the molecule is Nc1ncnc2c1ncn2[C@H]1CC=C[C@H](O)[C@@H]1O. The lowest BCUT2D eigenvalue weighted by atomic mass is 9.96. The van der Waals surface area contributed by atoms with Crippen LogP contribution in [0, 0.1) is 0 Å². The molecule has 0 radical (unpaired) electrons. The minimum Gasteiger partial charge on any atom is -0.388 e. The fraction of sp³-hybridized carbons (Fsp3) is 0.364. The Labute approximate surface area is 103 Å². The highest BCUT2D eigenvalue weighted by Gasteiger charge is 2.30. The van der Waals surface area contributed by atoms with Crippen LogP contribution >= 0.6 is 0 Å². The third-order valence-corrected chi connectivity index (χ3v) is 3.20. The molecule has 7 heteroatoms. The second-order valence-corrected chi connectivity index (χ2v) is 4.30. The van der Waals surface area contributed by atoms with Crippen molar-refractivity contribution in [2.24, 2.45) is 0 Å². The number of nitrogen functional groups attached to an aromatic ring is 1. The molecule has 0 fully saturated rings. The van der Waals surface area contributed by atoms with Crippen molar-refractivity contribution in [2.75, 3.05) is 5.73 Å². The Morgan fingerprint density at radius 1 is 1.28 bits per heavy atom. The number of nitrogens with zero attached hydrogens (tertiary/aromatic N) is 4. The third kappa shape index (κ3) is 1.56. The van der Waals surface area contributed by atoms with Gasteiger partial charge < -0.3 is 20.5 Å². The molecule has 2 heterocycles. The van der Waals surface area contributed by atoms with Gasteiger partial charge in [-0.2, -0.15) is 0 Å². The van der Waals surface area contributed by atoms with Gasteiger partial charge in [0.25, 0.3) is 0 Å². The van der Waals surface area contributed by atoms with Gasteiger partial charge in [-0.25, -0.2) is 15.0 Å². The number of allylic oxidation sites excluding steroid dienone is 1. The molecule has 0 amide bonds. The van der Waals surface area contributed by atoms with Crippen molar-refractivity contribution in [3.63, 3.8) is 0 Å². The Morgan fingerprint density at radius 2 is 2.11 bits per heavy atom. The van der Waals surface area contributed by atoms with Crippen LogP contribution in [-0.2, 0) is 0 Å². The molecule has 7 nitrogen and oxygen atoms in total. The first kappa shape index (κ1) is 11.1. The number of hydrogen-bond acceptors (Lipinski definition) is 6. The number of aliphatic hydroxyl groups is 2. The van der Waals surface area contributed by atoms with E-state index < -0.39 is 12.2 Å². The van der Waals surface area contributed by atoms with E-state index in [1.54, 1.807) is 17.0 Å². The van der Waals surface area contributed by atoms with Crippen LogP contribution in [0.2, 0.25) is 0 Å². The van der Waals surface area contributed by atoms with E-state index in [0.717, 1.165) is 0 Å². The maximum Gasteiger partial charge on any atom is 0.165 e. The van der Waals surface area contributed by atoms with Gasteiger partial charge in [0.05, 0.1) is 12.4 Å². The van der Waals surface area contributed by atoms with Crippen LogP contribution in [0.15, 0.2) is 24.8 Å². The van der Waals surface area contributed by atoms with Gasteiger partial charge in [-0.15, -0.1) is 0 Å². The first-order valence-corrected chi connectivity index (χ1v) is 5.64. The quantitative estimate of drug-likeness (QED) is 0.593. The van der Waals surface area contributed by atoms with Gasteiger partial charge in [-0.05, 0) is 6.42 Å². The largest absolute Gasteiger partial charge is 0.388 e. The van der Waals surface area contributed by atoms with E-state index in [2.05, 4.69) is 15.0 Å². The van der Waals surface area contributed by atoms with E-state index in [1.807, 2.05) is 6.08 Å². The normalized spacial score (nSPS) is 27.8. The number of aliphatic hydroxyl groups excluding tert-OH is 2. The number of imidazole rings is 1. The molecule has 0 saturated heterocycles. The minimum absolute atomic E-state index is 0.302. The number of aromatic nitrogens is 4. The Balaban J connectivity index is 2.10. The highest BCUT2D eigenvalue weighted by atomic mass is 16.3. The van der Waals surface area contributed by atoms with E-state index in [1.165, 1.54) is 6.33 Å². The Bertz CT molecular complexity index is 608. The molecule has 0 aliphatic heterocycles. The molecule has 0 unspecified atom stereocenters. The summed E-state index contributed by atoms with van der Waals surface area (Å²) in [7, 11) is 0. The lowest BCUT2D eigenvalue weighted by Gasteiger charge is -2.29. The number of rotatable bonds is 1. The van der Waals surface area contributed by atoms with Crippen molar-refractivity contribution >= 4 is 17.0 Å².